The summed E-state index contributed by atoms with van der Waals surface area (Å²) in [5.74, 6) is 0.503. The van der Waals surface area contributed by atoms with Crippen LogP contribution in [0.4, 0.5) is 5.69 Å². The molecule has 2 aromatic carbocycles. The normalized spacial score (nSPS) is 17.5. The maximum Gasteiger partial charge on any atom is 0.287 e. The van der Waals surface area contributed by atoms with Crippen LogP contribution in [-0.2, 0) is 0 Å². The second-order valence-corrected chi connectivity index (χ2v) is 11.0. The first-order chi connectivity index (χ1) is 20.4. The van der Waals surface area contributed by atoms with Crippen molar-refractivity contribution in [2.75, 3.05) is 37.6 Å². The lowest BCUT2D eigenvalue weighted by Crippen LogP contribution is -2.45. The summed E-state index contributed by atoms with van der Waals surface area (Å²) in [6, 6.07) is 15.1. The third-order valence-electron chi connectivity index (χ3n) is 8.01. The van der Waals surface area contributed by atoms with E-state index in [0.717, 1.165) is 75.2 Å². The number of ether oxygens (including phenoxy) is 1. The van der Waals surface area contributed by atoms with E-state index in [1.165, 1.54) is 5.57 Å². The fourth-order valence-corrected chi connectivity index (χ4v) is 5.74. The number of anilines is 1. The van der Waals surface area contributed by atoms with Crippen LogP contribution >= 0.6 is 0 Å². The SMILES string of the molecule is C=C/C=C(\C=C/C)CN1CCC(NC(=O)c2cc3cc(OC4CCN(c5ccc(C(N)=O)cc5)CC4)ccc3o2)CC1. The molecule has 220 valence electrons. The van der Waals surface area contributed by atoms with Gasteiger partial charge in [0.05, 0.1) is 0 Å². The number of carbonyl (C=O) groups is 2. The van der Waals surface area contributed by atoms with Crippen molar-refractivity contribution in [3.63, 3.8) is 0 Å². The van der Waals surface area contributed by atoms with Gasteiger partial charge in [0.25, 0.3) is 5.91 Å². The second-order valence-electron chi connectivity index (χ2n) is 11.0. The van der Waals surface area contributed by atoms with Gasteiger partial charge >= 0.3 is 0 Å². The fraction of sp³-hybridized carbons (Fsp3) is 0.353. The number of piperidine rings is 2. The number of rotatable bonds is 10. The molecule has 8 heteroatoms. The number of nitrogens with two attached hydrogens (primary N) is 1. The van der Waals surface area contributed by atoms with Gasteiger partial charge in [0.1, 0.15) is 17.4 Å². The summed E-state index contributed by atoms with van der Waals surface area (Å²) in [6.45, 7) is 10.3. The molecular weight excluding hydrogens is 528 g/mol. The molecule has 0 unspecified atom stereocenters. The summed E-state index contributed by atoms with van der Waals surface area (Å²) in [6.07, 6.45) is 11.7. The molecule has 2 fully saturated rings. The van der Waals surface area contributed by atoms with Crippen LogP contribution in [0.3, 0.4) is 0 Å². The van der Waals surface area contributed by atoms with Crippen LogP contribution in [0.1, 0.15) is 53.5 Å². The van der Waals surface area contributed by atoms with E-state index in [-0.39, 0.29) is 18.1 Å². The third-order valence-corrected chi connectivity index (χ3v) is 8.01. The van der Waals surface area contributed by atoms with Crippen molar-refractivity contribution in [1.82, 2.24) is 10.2 Å². The van der Waals surface area contributed by atoms with Crippen molar-refractivity contribution in [3.8, 4) is 5.75 Å². The van der Waals surface area contributed by atoms with Gasteiger partial charge in [-0.2, -0.15) is 0 Å². The highest BCUT2D eigenvalue weighted by atomic mass is 16.5. The van der Waals surface area contributed by atoms with Crippen molar-refractivity contribution in [2.45, 2.75) is 44.8 Å². The van der Waals surface area contributed by atoms with Crippen molar-refractivity contribution in [1.29, 1.82) is 0 Å². The number of carbonyl (C=O) groups excluding carboxylic acids is 2. The minimum atomic E-state index is -0.417. The van der Waals surface area contributed by atoms with Crippen LogP contribution in [0.5, 0.6) is 5.75 Å². The van der Waals surface area contributed by atoms with Gasteiger partial charge in [-0.3, -0.25) is 14.5 Å². The molecule has 5 rings (SSSR count). The number of hydrogen-bond donors (Lipinski definition) is 2. The number of fused-ring (bicyclic) bond motifs is 1. The van der Waals surface area contributed by atoms with Crippen LogP contribution in [-0.4, -0.2) is 61.6 Å². The van der Waals surface area contributed by atoms with E-state index >= 15 is 0 Å². The van der Waals surface area contributed by atoms with Gasteiger partial charge in [-0.25, -0.2) is 0 Å². The Morgan fingerprint density at radius 3 is 2.45 bits per heavy atom. The second kappa shape index (κ2) is 13.6. The first kappa shape index (κ1) is 29.2. The fourth-order valence-electron chi connectivity index (χ4n) is 5.74. The monoisotopic (exact) mass is 568 g/mol. The van der Waals surface area contributed by atoms with E-state index in [1.54, 1.807) is 18.2 Å². The standard InChI is InChI=1S/C34H40N4O4/c1-3-5-24(6-4-2)23-37-17-13-27(14-18-37)36-34(40)32-22-26-21-30(11-12-31(26)42-32)41-29-15-19-38(20-16-29)28-9-7-25(8-10-28)33(35)39/h3-12,21-22,27,29H,1,13-20,23H2,2H3,(H2,35,39)(H,36,40)/b6-4-,24-5+. The van der Waals surface area contributed by atoms with E-state index in [1.807, 2.05) is 55.5 Å². The van der Waals surface area contributed by atoms with E-state index in [9.17, 15) is 9.59 Å². The highest BCUT2D eigenvalue weighted by Crippen LogP contribution is 2.28. The quantitative estimate of drug-likeness (QED) is 0.315. The first-order valence-electron chi connectivity index (χ1n) is 14.7. The smallest absolute Gasteiger partial charge is 0.287 e. The number of furan rings is 1. The molecule has 0 saturated carbocycles. The molecule has 3 aromatic rings. The number of benzene rings is 2. The first-order valence-corrected chi connectivity index (χ1v) is 14.7. The Morgan fingerprint density at radius 2 is 1.79 bits per heavy atom. The lowest BCUT2D eigenvalue weighted by atomic mass is 10.0. The third kappa shape index (κ3) is 7.31. The molecule has 8 nitrogen and oxygen atoms in total. The van der Waals surface area contributed by atoms with Gasteiger partial charge in [0, 0.05) is 68.2 Å². The number of primary amides is 1. The summed E-state index contributed by atoms with van der Waals surface area (Å²) >= 11 is 0. The van der Waals surface area contributed by atoms with Gasteiger partial charge in [-0.05, 0) is 73.9 Å². The largest absolute Gasteiger partial charge is 0.490 e. The van der Waals surface area contributed by atoms with E-state index in [0.29, 0.717) is 16.9 Å². The molecule has 0 atom stereocenters. The predicted octanol–water partition coefficient (Wildman–Crippen LogP) is 5.46. The Hall–Kier alpha value is -4.30. The molecule has 2 aliphatic rings. The minimum absolute atomic E-state index is 0.102. The number of nitrogens with zero attached hydrogens (tertiary/aromatic N) is 2. The lowest BCUT2D eigenvalue weighted by molar-refractivity contribution is 0.0887. The van der Waals surface area contributed by atoms with Gasteiger partial charge in [-0.1, -0.05) is 30.9 Å². The summed E-state index contributed by atoms with van der Waals surface area (Å²) in [7, 11) is 0. The summed E-state index contributed by atoms with van der Waals surface area (Å²) in [5, 5.41) is 4.02. The van der Waals surface area contributed by atoms with E-state index in [4.69, 9.17) is 14.9 Å². The Kier molecular flexibility index (Phi) is 9.44. The number of allylic oxidation sites excluding steroid dienone is 3. The summed E-state index contributed by atoms with van der Waals surface area (Å²) < 4.78 is 12.2. The minimum Gasteiger partial charge on any atom is -0.490 e. The van der Waals surface area contributed by atoms with Crippen LogP contribution in [0, 0.1) is 0 Å². The summed E-state index contributed by atoms with van der Waals surface area (Å²) in [4.78, 5) is 29.0. The number of nitrogens with one attached hydrogen (secondary N) is 1. The average Bonchev–Trinajstić information content (AvgIpc) is 3.43. The van der Waals surface area contributed by atoms with Crippen LogP contribution < -0.4 is 20.7 Å². The highest BCUT2D eigenvalue weighted by Gasteiger charge is 2.24. The predicted molar refractivity (Wildman–Crippen MR) is 167 cm³/mol. The topological polar surface area (TPSA) is 101 Å². The molecule has 3 heterocycles. The van der Waals surface area contributed by atoms with Crippen molar-refractivity contribution in [3.05, 3.63) is 96.3 Å². The molecule has 0 aliphatic carbocycles. The van der Waals surface area contributed by atoms with Crippen molar-refractivity contribution in [2.24, 2.45) is 5.73 Å². The van der Waals surface area contributed by atoms with Gasteiger partial charge in [0.15, 0.2) is 5.76 Å². The Balaban J connectivity index is 1.11. The Labute approximate surface area is 247 Å². The van der Waals surface area contributed by atoms with Gasteiger partial charge < -0.3 is 25.1 Å². The Morgan fingerprint density at radius 1 is 1.05 bits per heavy atom. The zero-order chi connectivity index (χ0) is 29.5. The molecule has 0 bridgehead atoms. The van der Waals surface area contributed by atoms with Gasteiger partial charge in [-0.15, -0.1) is 0 Å². The molecule has 3 N–H and O–H groups in total. The zero-order valence-corrected chi connectivity index (χ0v) is 24.3. The molecular formula is C34H40N4O4. The lowest BCUT2D eigenvalue weighted by Gasteiger charge is -2.33. The molecule has 2 amide bonds. The molecule has 0 spiro atoms. The maximum absolute atomic E-state index is 13.0. The van der Waals surface area contributed by atoms with Crippen LogP contribution in [0.25, 0.3) is 11.0 Å². The van der Waals surface area contributed by atoms with Crippen LogP contribution in [0.15, 0.2) is 89.4 Å². The average molecular weight is 569 g/mol. The zero-order valence-electron chi connectivity index (χ0n) is 24.3. The number of likely N-dealkylation sites (tertiary alicyclic amines) is 1. The number of amides is 2. The van der Waals surface area contributed by atoms with Crippen LogP contribution in [0.2, 0.25) is 0 Å². The molecule has 42 heavy (non-hydrogen) atoms. The van der Waals surface area contributed by atoms with E-state index < -0.39 is 5.91 Å². The van der Waals surface area contributed by atoms with E-state index in [2.05, 4.69) is 27.8 Å². The molecule has 1 aromatic heterocycles. The molecule has 2 aliphatic heterocycles. The van der Waals surface area contributed by atoms with Gasteiger partial charge in [0.2, 0.25) is 5.91 Å². The highest BCUT2D eigenvalue weighted by molar-refractivity contribution is 5.96. The maximum atomic E-state index is 13.0. The van der Waals surface area contributed by atoms with Crippen molar-refractivity contribution >= 4 is 28.5 Å². The Bertz CT molecular complexity index is 1460. The van der Waals surface area contributed by atoms with Crippen molar-refractivity contribution < 1.29 is 18.7 Å². The number of hydrogen-bond acceptors (Lipinski definition) is 6. The summed E-state index contributed by atoms with van der Waals surface area (Å²) in [5.41, 5.74) is 8.85. The molecule has 2 saturated heterocycles. The molecule has 0 radical (unpaired) electrons.